The highest BCUT2D eigenvalue weighted by Crippen LogP contribution is 2.25. The number of nitrogens with one attached hydrogen (secondary N) is 1. The highest BCUT2D eigenvalue weighted by Gasteiger charge is 2.01. The Hall–Kier alpha value is -1.44. The molecule has 2 N–H and O–H groups in total. The van der Waals surface area contributed by atoms with Gasteiger partial charge in [-0.2, -0.15) is 0 Å². The molecule has 0 saturated carbocycles. The number of benzene rings is 1. The van der Waals surface area contributed by atoms with Crippen LogP contribution in [0, 0.1) is 6.92 Å². The lowest BCUT2D eigenvalue weighted by Gasteiger charge is -1.93. The maximum Gasteiger partial charge on any atom is 0.140 e. The topological polar surface area (TPSA) is 36.0 Å². The maximum absolute atomic E-state index is 9.30. The van der Waals surface area contributed by atoms with Crippen molar-refractivity contribution in [3.8, 4) is 5.75 Å². The summed E-state index contributed by atoms with van der Waals surface area (Å²) in [4.78, 5) is 3.01. The van der Waals surface area contributed by atoms with Gasteiger partial charge in [-0.15, -0.1) is 0 Å². The minimum Gasteiger partial charge on any atom is -0.506 e. The van der Waals surface area contributed by atoms with Gasteiger partial charge in [-0.05, 0) is 18.6 Å². The van der Waals surface area contributed by atoms with Crippen LogP contribution in [0.1, 0.15) is 5.56 Å². The smallest absolute Gasteiger partial charge is 0.140 e. The highest BCUT2D eigenvalue weighted by molar-refractivity contribution is 5.88. The molecule has 1 aromatic heterocycles. The number of para-hydroxylation sites is 1. The minimum absolute atomic E-state index is 0.323. The fourth-order valence-electron chi connectivity index (χ4n) is 1.29. The first-order chi connectivity index (χ1) is 5.29. The SMILES string of the molecule is Cc1cccc2c(O)c[nH]c12. The molecule has 2 nitrogen and oxygen atoms in total. The predicted octanol–water partition coefficient (Wildman–Crippen LogP) is 2.18. The Morgan fingerprint density at radius 1 is 1.36 bits per heavy atom. The third-order valence-corrected chi connectivity index (χ3v) is 1.90. The molecule has 0 amide bonds. The van der Waals surface area contributed by atoms with E-state index in [9.17, 15) is 5.11 Å². The van der Waals surface area contributed by atoms with E-state index in [2.05, 4.69) is 4.98 Å². The monoisotopic (exact) mass is 147 g/mol. The largest absolute Gasteiger partial charge is 0.506 e. The van der Waals surface area contributed by atoms with Crippen LogP contribution in [-0.2, 0) is 0 Å². The van der Waals surface area contributed by atoms with Crippen molar-refractivity contribution in [3.05, 3.63) is 30.0 Å². The van der Waals surface area contributed by atoms with Crippen LogP contribution in [0.5, 0.6) is 5.75 Å². The number of aryl methyl sites for hydroxylation is 1. The zero-order valence-corrected chi connectivity index (χ0v) is 6.26. The second-order valence-corrected chi connectivity index (χ2v) is 2.67. The summed E-state index contributed by atoms with van der Waals surface area (Å²) in [5.74, 6) is 0.323. The van der Waals surface area contributed by atoms with Gasteiger partial charge in [0.25, 0.3) is 0 Å². The van der Waals surface area contributed by atoms with Gasteiger partial charge in [0, 0.05) is 11.6 Å². The number of hydrogen-bond acceptors (Lipinski definition) is 1. The van der Waals surface area contributed by atoms with Gasteiger partial charge in [0.15, 0.2) is 0 Å². The van der Waals surface area contributed by atoms with E-state index in [1.807, 2.05) is 25.1 Å². The predicted molar refractivity (Wildman–Crippen MR) is 44.7 cm³/mol. The van der Waals surface area contributed by atoms with Crippen molar-refractivity contribution in [2.45, 2.75) is 6.92 Å². The number of rotatable bonds is 0. The molecule has 1 aromatic carbocycles. The van der Waals surface area contributed by atoms with Crippen LogP contribution < -0.4 is 0 Å². The molecule has 0 bridgehead atoms. The van der Waals surface area contributed by atoms with Crippen molar-refractivity contribution >= 4 is 10.9 Å². The van der Waals surface area contributed by atoms with Gasteiger partial charge in [0.2, 0.25) is 0 Å². The van der Waals surface area contributed by atoms with Crippen molar-refractivity contribution in [1.29, 1.82) is 0 Å². The Balaban J connectivity index is 2.94. The van der Waals surface area contributed by atoms with Crippen molar-refractivity contribution in [3.63, 3.8) is 0 Å². The van der Waals surface area contributed by atoms with E-state index in [0.29, 0.717) is 5.75 Å². The molecule has 0 aliphatic heterocycles. The number of aromatic nitrogens is 1. The van der Waals surface area contributed by atoms with Gasteiger partial charge in [-0.1, -0.05) is 12.1 Å². The standard InChI is InChI=1S/C9H9NO/c1-6-3-2-4-7-8(11)5-10-9(6)7/h2-5,10-11H,1H3. The first-order valence-electron chi connectivity index (χ1n) is 3.54. The Kier molecular flexibility index (Phi) is 1.15. The summed E-state index contributed by atoms with van der Waals surface area (Å²) in [5, 5.41) is 10.2. The first-order valence-corrected chi connectivity index (χ1v) is 3.54. The minimum atomic E-state index is 0.323. The van der Waals surface area contributed by atoms with E-state index >= 15 is 0 Å². The van der Waals surface area contributed by atoms with Gasteiger partial charge in [-0.25, -0.2) is 0 Å². The van der Waals surface area contributed by atoms with Gasteiger partial charge >= 0.3 is 0 Å². The lowest BCUT2D eigenvalue weighted by molar-refractivity contribution is 0.481. The molecule has 11 heavy (non-hydrogen) atoms. The van der Waals surface area contributed by atoms with Crippen LogP contribution in [0.2, 0.25) is 0 Å². The van der Waals surface area contributed by atoms with Gasteiger partial charge in [0.05, 0.1) is 5.52 Å². The Morgan fingerprint density at radius 2 is 2.18 bits per heavy atom. The summed E-state index contributed by atoms with van der Waals surface area (Å²) in [6.07, 6.45) is 1.61. The summed E-state index contributed by atoms with van der Waals surface area (Å²) >= 11 is 0. The summed E-state index contributed by atoms with van der Waals surface area (Å²) in [6, 6.07) is 5.84. The van der Waals surface area contributed by atoms with Gasteiger partial charge < -0.3 is 10.1 Å². The Bertz CT molecular complexity index is 389. The zero-order chi connectivity index (χ0) is 7.84. The fraction of sp³-hybridized carbons (Fsp3) is 0.111. The lowest BCUT2D eigenvalue weighted by atomic mass is 10.2. The van der Waals surface area contributed by atoms with Crippen molar-refractivity contribution < 1.29 is 5.11 Å². The average molecular weight is 147 g/mol. The van der Waals surface area contributed by atoms with E-state index in [1.54, 1.807) is 6.20 Å². The van der Waals surface area contributed by atoms with Gasteiger partial charge in [-0.3, -0.25) is 0 Å². The molecule has 0 saturated heterocycles. The third kappa shape index (κ3) is 0.792. The molecule has 0 radical (unpaired) electrons. The molecule has 2 aromatic rings. The molecule has 1 heterocycles. The van der Waals surface area contributed by atoms with Crippen molar-refractivity contribution in [2.75, 3.05) is 0 Å². The number of aromatic amines is 1. The zero-order valence-electron chi connectivity index (χ0n) is 6.26. The van der Waals surface area contributed by atoms with E-state index < -0.39 is 0 Å². The molecule has 0 aliphatic carbocycles. The Labute approximate surface area is 64.5 Å². The molecule has 0 unspecified atom stereocenters. The Morgan fingerprint density at radius 3 is 2.91 bits per heavy atom. The quantitative estimate of drug-likeness (QED) is 0.588. The fourth-order valence-corrected chi connectivity index (χ4v) is 1.29. The van der Waals surface area contributed by atoms with E-state index in [-0.39, 0.29) is 0 Å². The van der Waals surface area contributed by atoms with E-state index in [0.717, 1.165) is 16.5 Å². The summed E-state index contributed by atoms with van der Waals surface area (Å²) in [5.41, 5.74) is 2.17. The van der Waals surface area contributed by atoms with Crippen LogP contribution >= 0.6 is 0 Å². The van der Waals surface area contributed by atoms with Crippen LogP contribution in [-0.4, -0.2) is 10.1 Å². The molecule has 0 fully saturated rings. The summed E-state index contributed by atoms with van der Waals surface area (Å²) in [7, 11) is 0. The summed E-state index contributed by atoms with van der Waals surface area (Å²) in [6.45, 7) is 2.01. The average Bonchev–Trinajstić information content (AvgIpc) is 2.35. The second kappa shape index (κ2) is 2.02. The number of H-pyrrole nitrogens is 1. The molecule has 56 valence electrons. The number of hydrogen-bond donors (Lipinski definition) is 2. The van der Waals surface area contributed by atoms with Crippen molar-refractivity contribution in [2.24, 2.45) is 0 Å². The summed E-state index contributed by atoms with van der Waals surface area (Å²) < 4.78 is 0. The number of fused-ring (bicyclic) bond motifs is 1. The molecular formula is C9H9NO. The van der Waals surface area contributed by atoms with Crippen molar-refractivity contribution in [1.82, 2.24) is 4.98 Å². The molecule has 0 spiro atoms. The van der Waals surface area contributed by atoms with Crippen LogP contribution in [0.3, 0.4) is 0 Å². The normalized spacial score (nSPS) is 10.6. The first kappa shape index (κ1) is 6.28. The molecule has 2 rings (SSSR count). The maximum atomic E-state index is 9.30. The molecular weight excluding hydrogens is 138 g/mol. The van der Waals surface area contributed by atoms with Gasteiger partial charge in [0.1, 0.15) is 5.75 Å². The highest BCUT2D eigenvalue weighted by atomic mass is 16.3. The third-order valence-electron chi connectivity index (χ3n) is 1.90. The molecule has 2 heteroatoms. The van der Waals surface area contributed by atoms with Crippen LogP contribution in [0.25, 0.3) is 10.9 Å². The molecule has 0 atom stereocenters. The molecule has 0 aliphatic rings. The van der Waals surface area contributed by atoms with E-state index in [1.165, 1.54) is 0 Å². The number of aromatic hydroxyl groups is 1. The van der Waals surface area contributed by atoms with E-state index in [4.69, 9.17) is 0 Å². The second-order valence-electron chi connectivity index (χ2n) is 2.67. The lowest BCUT2D eigenvalue weighted by Crippen LogP contribution is -1.73. The van der Waals surface area contributed by atoms with Crippen LogP contribution in [0.15, 0.2) is 24.4 Å². The van der Waals surface area contributed by atoms with Crippen LogP contribution in [0.4, 0.5) is 0 Å².